The van der Waals surface area contributed by atoms with E-state index in [9.17, 15) is 19.3 Å². The van der Waals surface area contributed by atoms with Gasteiger partial charge in [-0.15, -0.1) is 0 Å². The Hall–Kier alpha value is -3.98. The van der Waals surface area contributed by atoms with Crippen molar-refractivity contribution in [2.24, 2.45) is 5.92 Å². The van der Waals surface area contributed by atoms with E-state index < -0.39 is 10.8 Å². The van der Waals surface area contributed by atoms with Gasteiger partial charge >= 0.3 is 0 Å². The highest BCUT2D eigenvalue weighted by Crippen LogP contribution is 2.38. The van der Waals surface area contributed by atoms with Gasteiger partial charge in [0.05, 0.1) is 16.9 Å². The molecule has 9 heteroatoms. The minimum absolute atomic E-state index is 0.0133. The lowest BCUT2D eigenvalue weighted by Crippen LogP contribution is -2.61. The quantitative estimate of drug-likeness (QED) is 0.371. The maximum Gasteiger partial charge on any atom is 0.269 e. The van der Waals surface area contributed by atoms with Crippen LogP contribution in [0.5, 0.6) is 5.75 Å². The Morgan fingerprint density at radius 2 is 1.86 bits per heavy atom. The molecule has 1 amide bonds. The molecular weight excluding hydrogens is 475 g/mol. The van der Waals surface area contributed by atoms with Gasteiger partial charge in [-0.05, 0) is 36.2 Å². The SMILES string of the molecule is O=C(NCc1ccccc1F)C1Cc2cc([N+](=O)[O-])ccc2N2CCN(CCOc3ccccc3)CC12. The number of amides is 1. The largest absolute Gasteiger partial charge is 0.492 e. The summed E-state index contributed by atoms with van der Waals surface area (Å²) in [4.78, 5) is 28.9. The first-order valence-electron chi connectivity index (χ1n) is 12.4. The molecule has 2 aliphatic heterocycles. The number of carbonyl (C=O) groups is 1. The number of hydrogen-bond donors (Lipinski definition) is 1. The second-order valence-corrected chi connectivity index (χ2v) is 9.41. The van der Waals surface area contributed by atoms with Crippen molar-refractivity contribution in [3.8, 4) is 5.75 Å². The number of benzene rings is 3. The van der Waals surface area contributed by atoms with Crippen LogP contribution >= 0.6 is 0 Å². The summed E-state index contributed by atoms with van der Waals surface area (Å²) in [5, 5.41) is 14.3. The summed E-state index contributed by atoms with van der Waals surface area (Å²) < 4.78 is 20.0. The van der Waals surface area contributed by atoms with Crippen molar-refractivity contribution in [3.63, 3.8) is 0 Å². The molecule has 2 unspecified atom stereocenters. The Labute approximate surface area is 214 Å². The molecule has 2 aliphatic rings. The van der Waals surface area contributed by atoms with Crippen molar-refractivity contribution in [1.82, 2.24) is 10.2 Å². The number of ether oxygens (including phenoxy) is 1. The van der Waals surface area contributed by atoms with Gasteiger partial charge in [-0.2, -0.15) is 0 Å². The highest BCUT2D eigenvalue weighted by molar-refractivity contribution is 5.82. The third-order valence-electron chi connectivity index (χ3n) is 7.16. The van der Waals surface area contributed by atoms with Crippen molar-refractivity contribution < 1.29 is 18.8 Å². The molecule has 192 valence electrons. The number of anilines is 1. The van der Waals surface area contributed by atoms with E-state index in [1.54, 1.807) is 30.3 Å². The van der Waals surface area contributed by atoms with E-state index in [1.165, 1.54) is 12.1 Å². The lowest BCUT2D eigenvalue weighted by atomic mass is 9.83. The number of nitro benzene ring substituents is 1. The number of nitro groups is 1. The molecule has 1 N–H and O–H groups in total. The maximum atomic E-state index is 14.1. The molecule has 3 aromatic rings. The number of carbonyl (C=O) groups excluding carboxylic acids is 1. The second-order valence-electron chi connectivity index (χ2n) is 9.41. The summed E-state index contributed by atoms with van der Waals surface area (Å²) in [5.41, 5.74) is 2.16. The molecule has 0 aliphatic carbocycles. The van der Waals surface area contributed by atoms with Crippen molar-refractivity contribution in [2.45, 2.75) is 19.0 Å². The first-order valence-corrected chi connectivity index (χ1v) is 12.4. The third kappa shape index (κ3) is 5.56. The van der Waals surface area contributed by atoms with Gasteiger partial charge in [-0.25, -0.2) is 4.39 Å². The van der Waals surface area contributed by atoms with Gasteiger partial charge in [-0.1, -0.05) is 36.4 Å². The van der Waals surface area contributed by atoms with E-state index in [1.807, 2.05) is 30.3 Å². The maximum absolute atomic E-state index is 14.1. The van der Waals surface area contributed by atoms with E-state index in [4.69, 9.17) is 4.74 Å². The van der Waals surface area contributed by atoms with Crippen LogP contribution in [0.1, 0.15) is 11.1 Å². The van der Waals surface area contributed by atoms with Crippen LogP contribution in [-0.4, -0.2) is 54.6 Å². The highest BCUT2D eigenvalue weighted by atomic mass is 19.1. The number of nitrogens with one attached hydrogen (secondary N) is 1. The van der Waals surface area contributed by atoms with Crippen molar-refractivity contribution in [2.75, 3.05) is 37.7 Å². The fraction of sp³-hybridized carbons (Fsp3) is 0.321. The van der Waals surface area contributed by atoms with Crippen LogP contribution < -0.4 is 15.0 Å². The van der Waals surface area contributed by atoms with Crippen molar-refractivity contribution in [3.05, 3.63) is 99.9 Å². The van der Waals surface area contributed by atoms with E-state index >= 15 is 0 Å². The van der Waals surface area contributed by atoms with Crippen LogP contribution in [0.4, 0.5) is 15.8 Å². The number of nitrogens with zero attached hydrogens (tertiary/aromatic N) is 3. The average molecular weight is 505 g/mol. The van der Waals surface area contributed by atoms with Crippen LogP contribution in [0.3, 0.4) is 0 Å². The van der Waals surface area contributed by atoms with E-state index in [2.05, 4.69) is 15.1 Å². The summed E-state index contributed by atoms with van der Waals surface area (Å²) in [6.07, 6.45) is 0.385. The van der Waals surface area contributed by atoms with Gasteiger partial charge < -0.3 is 15.0 Å². The third-order valence-corrected chi connectivity index (χ3v) is 7.16. The Balaban J connectivity index is 1.32. The van der Waals surface area contributed by atoms with Crippen molar-refractivity contribution >= 4 is 17.3 Å². The molecule has 2 heterocycles. The number of rotatable bonds is 8. The first-order chi connectivity index (χ1) is 18.0. The fourth-order valence-corrected chi connectivity index (χ4v) is 5.25. The monoisotopic (exact) mass is 504 g/mol. The van der Waals surface area contributed by atoms with Gasteiger partial charge in [-0.3, -0.25) is 19.8 Å². The van der Waals surface area contributed by atoms with Crippen molar-refractivity contribution in [1.29, 1.82) is 0 Å². The Bertz CT molecular complexity index is 1270. The fourth-order valence-electron chi connectivity index (χ4n) is 5.25. The lowest BCUT2D eigenvalue weighted by molar-refractivity contribution is -0.384. The molecule has 3 aromatic carbocycles. The molecule has 37 heavy (non-hydrogen) atoms. The van der Waals surface area contributed by atoms with Crippen LogP contribution in [0.25, 0.3) is 0 Å². The van der Waals surface area contributed by atoms with Crippen LogP contribution in [-0.2, 0) is 17.8 Å². The minimum Gasteiger partial charge on any atom is -0.492 e. The van der Waals surface area contributed by atoms with Gasteiger partial charge in [0.2, 0.25) is 5.91 Å². The number of fused-ring (bicyclic) bond motifs is 3. The summed E-state index contributed by atoms with van der Waals surface area (Å²) in [5.74, 6) is -0.159. The zero-order chi connectivity index (χ0) is 25.8. The summed E-state index contributed by atoms with van der Waals surface area (Å²) in [6.45, 7) is 3.48. The second kappa shape index (κ2) is 11.0. The Morgan fingerprint density at radius 1 is 1.08 bits per heavy atom. The molecule has 0 saturated carbocycles. The number of piperazine rings is 1. The highest BCUT2D eigenvalue weighted by Gasteiger charge is 2.41. The Morgan fingerprint density at radius 3 is 2.65 bits per heavy atom. The first kappa shape index (κ1) is 24.7. The molecule has 2 atom stereocenters. The van der Waals surface area contributed by atoms with Gasteiger partial charge in [0.1, 0.15) is 18.2 Å². The van der Waals surface area contributed by atoms with Gasteiger partial charge in [0.15, 0.2) is 0 Å². The number of non-ortho nitro benzene ring substituents is 1. The van der Waals surface area contributed by atoms with E-state index in [0.717, 1.165) is 30.1 Å². The molecule has 0 aromatic heterocycles. The summed E-state index contributed by atoms with van der Waals surface area (Å²) in [7, 11) is 0. The number of para-hydroxylation sites is 1. The molecule has 8 nitrogen and oxygen atoms in total. The molecule has 0 radical (unpaired) electrons. The van der Waals surface area contributed by atoms with Gasteiger partial charge in [0, 0.05) is 56.1 Å². The molecule has 5 rings (SSSR count). The Kier molecular flexibility index (Phi) is 7.32. The van der Waals surface area contributed by atoms with Gasteiger partial charge in [0.25, 0.3) is 5.69 Å². The van der Waals surface area contributed by atoms with E-state index in [0.29, 0.717) is 31.7 Å². The average Bonchev–Trinajstić information content (AvgIpc) is 2.92. The lowest BCUT2D eigenvalue weighted by Gasteiger charge is -2.49. The summed E-state index contributed by atoms with van der Waals surface area (Å²) >= 11 is 0. The van der Waals surface area contributed by atoms with Crippen LogP contribution in [0.2, 0.25) is 0 Å². The number of hydrogen-bond acceptors (Lipinski definition) is 6. The smallest absolute Gasteiger partial charge is 0.269 e. The zero-order valence-corrected chi connectivity index (χ0v) is 20.4. The topological polar surface area (TPSA) is 87.9 Å². The standard InChI is InChI=1S/C28H29FN4O4/c29-25-9-5-4-6-20(25)18-30-28(34)24-17-21-16-22(33(35)36)10-11-26(21)32-13-12-31(19-27(24)32)14-15-37-23-7-2-1-3-8-23/h1-11,16,24,27H,12-15,17-19H2,(H,30,34). The normalized spacial score (nSPS) is 19.0. The molecular formula is C28H29FN4O4. The molecule has 1 saturated heterocycles. The summed E-state index contributed by atoms with van der Waals surface area (Å²) in [6, 6.07) is 20.8. The molecule has 0 bridgehead atoms. The predicted molar refractivity (Wildman–Crippen MR) is 138 cm³/mol. The molecule has 1 fully saturated rings. The zero-order valence-electron chi connectivity index (χ0n) is 20.4. The number of halogens is 1. The predicted octanol–water partition coefficient (Wildman–Crippen LogP) is 3.79. The van der Waals surface area contributed by atoms with E-state index in [-0.39, 0.29) is 30.0 Å². The van der Waals surface area contributed by atoms with Crippen LogP contribution in [0, 0.1) is 21.8 Å². The van der Waals surface area contributed by atoms with Crippen LogP contribution in [0.15, 0.2) is 72.8 Å². The molecule has 0 spiro atoms. The minimum atomic E-state index is -0.431.